The summed E-state index contributed by atoms with van der Waals surface area (Å²) in [4.78, 5) is 18.6. The van der Waals surface area contributed by atoms with E-state index in [-0.39, 0.29) is 5.92 Å². The summed E-state index contributed by atoms with van der Waals surface area (Å²) < 4.78 is 5.38. The highest BCUT2D eigenvalue weighted by Gasteiger charge is 2.48. The number of nitrogens with one attached hydrogen (secondary N) is 1. The lowest BCUT2D eigenvalue weighted by Gasteiger charge is -2.55. The van der Waals surface area contributed by atoms with E-state index >= 15 is 0 Å². The molecular weight excluding hydrogens is 386 g/mol. The second kappa shape index (κ2) is 8.64. The van der Waals surface area contributed by atoms with E-state index in [1.807, 2.05) is 0 Å². The molecule has 4 bridgehead atoms. The van der Waals surface area contributed by atoms with Crippen LogP contribution in [0.4, 0.5) is 0 Å². The van der Waals surface area contributed by atoms with Gasteiger partial charge >= 0.3 is 0 Å². The van der Waals surface area contributed by atoms with Gasteiger partial charge in [-0.3, -0.25) is 9.69 Å². The summed E-state index contributed by atoms with van der Waals surface area (Å²) in [5.41, 5.74) is 11.2. The van der Waals surface area contributed by atoms with Crippen LogP contribution >= 0.6 is 0 Å². The molecule has 1 aromatic heterocycles. The van der Waals surface area contributed by atoms with E-state index in [1.54, 1.807) is 0 Å². The Kier molecular flexibility index (Phi) is 6.04. The first-order valence-electron chi connectivity index (χ1n) is 12.8. The summed E-state index contributed by atoms with van der Waals surface area (Å²) in [5.74, 6) is 3.59. The van der Waals surface area contributed by atoms with Crippen LogP contribution in [-0.4, -0.2) is 54.1 Å². The van der Waals surface area contributed by atoms with Crippen molar-refractivity contribution in [3.63, 3.8) is 0 Å². The number of carbonyl (C=O) groups excluding carboxylic acids is 1. The zero-order chi connectivity index (χ0) is 21.6. The SMILES string of the molecule is CCc1c(C)[nH]c2c1C(=O)C(CN1CCOCC1)CC2.NC12CC3CC(CC(C3)C1)C2. The molecule has 1 unspecified atom stereocenters. The lowest BCUT2D eigenvalue weighted by molar-refractivity contribution is 0.000363. The summed E-state index contributed by atoms with van der Waals surface area (Å²) >= 11 is 0. The van der Waals surface area contributed by atoms with Gasteiger partial charge in [-0.1, -0.05) is 6.92 Å². The van der Waals surface area contributed by atoms with Crippen LogP contribution in [0.5, 0.6) is 0 Å². The minimum Gasteiger partial charge on any atom is -0.379 e. The third-order valence-corrected chi connectivity index (χ3v) is 8.78. The average molecular weight is 428 g/mol. The van der Waals surface area contributed by atoms with Crippen molar-refractivity contribution in [3.05, 3.63) is 22.5 Å². The van der Waals surface area contributed by atoms with Gasteiger partial charge in [-0.05, 0) is 88.0 Å². The van der Waals surface area contributed by atoms with Crippen molar-refractivity contribution < 1.29 is 9.53 Å². The number of Topliss-reactive ketones (excluding diaryl/α,β-unsaturated/α-hetero) is 1. The van der Waals surface area contributed by atoms with E-state index in [2.05, 4.69) is 23.7 Å². The molecule has 0 aromatic carbocycles. The third kappa shape index (κ3) is 4.38. The van der Waals surface area contributed by atoms with Gasteiger partial charge in [-0.2, -0.15) is 0 Å². The van der Waals surface area contributed by atoms with Gasteiger partial charge in [0.05, 0.1) is 13.2 Å². The highest BCUT2D eigenvalue weighted by atomic mass is 16.5. The van der Waals surface area contributed by atoms with Gasteiger partial charge in [-0.15, -0.1) is 0 Å². The lowest BCUT2D eigenvalue weighted by atomic mass is 9.53. The number of carbonyl (C=O) groups is 1. The Morgan fingerprint density at radius 2 is 1.71 bits per heavy atom. The van der Waals surface area contributed by atoms with Gasteiger partial charge in [0.1, 0.15) is 0 Å². The zero-order valence-electron chi connectivity index (χ0n) is 19.5. The van der Waals surface area contributed by atoms with E-state index in [4.69, 9.17) is 10.5 Å². The Morgan fingerprint density at radius 3 is 2.26 bits per heavy atom. The quantitative estimate of drug-likeness (QED) is 0.768. The molecular formula is C26H41N3O2. The number of aryl methyl sites for hydroxylation is 2. The van der Waals surface area contributed by atoms with Crippen LogP contribution in [0, 0.1) is 30.6 Å². The van der Waals surface area contributed by atoms with Gasteiger partial charge < -0.3 is 15.5 Å². The smallest absolute Gasteiger partial charge is 0.169 e. The number of H-pyrrole nitrogens is 1. The Morgan fingerprint density at radius 1 is 1.10 bits per heavy atom. The third-order valence-electron chi connectivity index (χ3n) is 8.78. The highest BCUT2D eigenvalue weighted by molar-refractivity contribution is 6.01. The van der Waals surface area contributed by atoms with Crippen molar-refractivity contribution in [1.82, 2.24) is 9.88 Å². The van der Waals surface area contributed by atoms with Crippen LogP contribution in [0.1, 0.15) is 79.2 Å². The molecule has 5 nitrogen and oxygen atoms in total. The molecule has 1 aliphatic heterocycles. The van der Waals surface area contributed by atoms with Gasteiger partial charge in [0, 0.05) is 48.0 Å². The molecule has 1 saturated heterocycles. The number of aromatic amines is 1. The molecule has 1 aromatic rings. The van der Waals surface area contributed by atoms with Crippen LogP contribution < -0.4 is 5.73 Å². The number of nitrogens with zero attached hydrogens (tertiary/aromatic N) is 1. The molecule has 0 spiro atoms. The fraction of sp³-hybridized carbons (Fsp3) is 0.808. The van der Waals surface area contributed by atoms with Gasteiger partial charge in [-0.25, -0.2) is 0 Å². The fourth-order valence-electron chi connectivity index (χ4n) is 7.76. The molecule has 7 rings (SSSR count). The largest absolute Gasteiger partial charge is 0.379 e. The van der Waals surface area contributed by atoms with Crippen LogP contribution in [0.3, 0.4) is 0 Å². The molecule has 5 aliphatic carbocycles. The molecule has 1 atom stereocenters. The van der Waals surface area contributed by atoms with Crippen LogP contribution in [0.15, 0.2) is 0 Å². The van der Waals surface area contributed by atoms with Crippen molar-refractivity contribution >= 4 is 5.78 Å². The summed E-state index contributed by atoms with van der Waals surface area (Å²) in [6, 6.07) is 0. The Hall–Kier alpha value is -1.17. The number of hydrogen-bond donors (Lipinski definition) is 2. The minimum absolute atomic E-state index is 0.168. The molecule has 0 radical (unpaired) electrons. The number of hydrogen-bond acceptors (Lipinski definition) is 4. The minimum atomic E-state index is 0.168. The number of ether oxygens (including phenoxy) is 1. The molecule has 2 heterocycles. The maximum Gasteiger partial charge on any atom is 0.169 e. The molecule has 0 amide bonds. The molecule has 31 heavy (non-hydrogen) atoms. The number of morpholine rings is 1. The predicted molar refractivity (Wildman–Crippen MR) is 123 cm³/mol. The number of rotatable bonds is 3. The maximum atomic E-state index is 12.8. The van der Waals surface area contributed by atoms with Crippen LogP contribution in [0.25, 0.3) is 0 Å². The van der Waals surface area contributed by atoms with Gasteiger partial charge in [0.25, 0.3) is 0 Å². The Balaban J connectivity index is 0.000000155. The average Bonchev–Trinajstić information content (AvgIpc) is 3.05. The molecule has 5 fully saturated rings. The predicted octanol–water partition coefficient (Wildman–Crippen LogP) is 3.88. The van der Waals surface area contributed by atoms with E-state index in [0.29, 0.717) is 11.3 Å². The molecule has 5 heteroatoms. The van der Waals surface area contributed by atoms with Gasteiger partial charge in [0.15, 0.2) is 5.78 Å². The van der Waals surface area contributed by atoms with E-state index in [9.17, 15) is 4.79 Å². The number of fused-ring (bicyclic) bond motifs is 1. The Bertz CT molecular complexity index is 773. The fourth-order valence-corrected chi connectivity index (χ4v) is 7.76. The first-order chi connectivity index (χ1) is 14.9. The zero-order valence-corrected chi connectivity index (χ0v) is 19.5. The van der Waals surface area contributed by atoms with Gasteiger partial charge in [0.2, 0.25) is 0 Å². The van der Waals surface area contributed by atoms with Crippen LogP contribution in [-0.2, 0) is 17.6 Å². The second-order valence-corrected chi connectivity index (χ2v) is 11.2. The summed E-state index contributed by atoms with van der Waals surface area (Å²) in [6.07, 6.45) is 11.5. The molecule has 3 N–H and O–H groups in total. The summed E-state index contributed by atoms with van der Waals surface area (Å²) in [5, 5.41) is 0. The van der Waals surface area contributed by atoms with Crippen molar-refractivity contribution in [1.29, 1.82) is 0 Å². The van der Waals surface area contributed by atoms with Crippen molar-refractivity contribution in [3.8, 4) is 0 Å². The van der Waals surface area contributed by atoms with Crippen molar-refractivity contribution in [2.24, 2.45) is 29.4 Å². The molecule has 6 aliphatic rings. The number of nitrogens with two attached hydrogens (primary N) is 1. The highest BCUT2D eigenvalue weighted by Crippen LogP contribution is 2.54. The monoisotopic (exact) mass is 427 g/mol. The number of ketones is 1. The molecule has 4 saturated carbocycles. The second-order valence-electron chi connectivity index (χ2n) is 11.2. The normalized spacial score (nSPS) is 36.8. The van der Waals surface area contributed by atoms with Crippen molar-refractivity contribution in [2.45, 2.75) is 77.2 Å². The van der Waals surface area contributed by atoms with Crippen LogP contribution in [0.2, 0.25) is 0 Å². The molecule has 172 valence electrons. The Labute approximate surface area is 187 Å². The van der Waals surface area contributed by atoms with E-state index < -0.39 is 0 Å². The topological polar surface area (TPSA) is 71.3 Å². The summed E-state index contributed by atoms with van der Waals surface area (Å²) in [7, 11) is 0. The van der Waals surface area contributed by atoms with E-state index in [1.165, 1.54) is 55.5 Å². The first kappa shape index (κ1) is 21.7. The standard InChI is InChI=1S/C16H24N2O2.C10H17N/c1-3-13-11(2)17-14-5-4-12(16(19)15(13)14)10-18-6-8-20-9-7-18;11-10-4-7-1-8(5-10)3-9(2-7)6-10/h12,17H,3-10H2,1-2H3;7-9H,1-6,11H2. The first-order valence-corrected chi connectivity index (χ1v) is 12.8. The lowest BCUT2D eigenvalue weighted by Crippen LogP contribution is -2.55. The maximum absolute atomic E-state index is 12.8. The van der Waals surface area contributed by atoms with Crippen molar-refractivity contribution in [2.75, 3.05) is 32.8 Å². The number of aromatic nitrogens is 1. The summed E-state index contributed by atoms with van der Waals surface area (Å²) in [6.45, 7) is 8.64. The van der Waals surface area contributed by atoms with E-state index in [0.717, 1.165) is 75.4 Å².